The summed E-state index contributed by atoms with van der Waals surface area (Å²) in [7, 11) is 0. The Hall–Kier alpha value is -1.68. The van der Waals surface area contributed by atoms with Gasteiger partial charge in [-0.05, 0) is 55.8 Å². The zero-order chi connectivity index (χ0) is 14.5. The van der Waals surface area contributed by atoms with Crippen molar-refractivity contribution in [3.8, 4) is 0 Å². The van der Waals surface area contributed by atoms with Gasteiger partial charge in [0.1, 0.15) is 5.82 Å². The molecule has 0 N–H and O–H groups in total. The molecule has 0 amide bonds. The molecule has 0 unspecified atom stereocenters. The summed E-state index contributed by atoms with van der Waals surface area (Å²) in [6.07, 6.45) is 0.422. The third-order valence-electron chi connectivity index (χ3n) is 2.82. The molecule has 0 saturated heterocycles. The summed E-state index contributed by atoms with van der Waals surface area (Å²) >= 11 is 1.57. The van der Waals surface area contributed by atoms with Gasteiger partial charge in [-0.15, -0.1) is 11.8 Å². The van der Waals surface area contributed by atoms with Crippen LogP contribution in [0.25, 0.3) is 0 Å². The van der Waals surface area contributed by atoms with Crippen molar-refractivity contribution in [2.45, 2.75) is 25.3 Å². The molecule has 1 aromatic carbocycles. The lowest BCUT2D eigenvalue weighted by Crippen LogP contribution is -2.00. The molecule has 0 radical (unpaired) electrons. The fourth-order valence-corrected chi connectivity index (χ4v) is 2.88. The smallest absolute Gasteiger partial charge is 0.163 e. The van der Waals surface area contributed by atoms with Crippen LogP contribution in [-0.2, 0) is 0 Å². The molecule has 1 aromatic heterocycles. The highest BCUT2D eigenvalue weighted by Gasteiger charge is 2.07. The Balaban J connectivity index is 1.89. The van der Waals surface area contributed by atoms with Crippen LogP contribution < -0.4 is 0 Å². The molecule has 0 aliphatic heterocycles. The zero-order valence-electron chi connectivity index (χ0n) is 11.5. The fraction of sp³-hybridized carbons (Fsp3) is 0.250. The standard InChI is InChI=1S/C16H16FNOS/c1-11-9-12(2)18-16(10-11)20-8-7-15(19)13-3-5-14(17)6-4-13/h3-6,9-10H,7-8H2,1-2H3. The maximum Gasteiger partial charge on any atom is 0.163 e. The number of hydrogen-bond donors (Lipinski definition) is 0. The molecular weight excluding hydrogens is 273 g/mol. The predicted octanol–water partition coefficient (Wildman–Crippen LogP) is 4.20. The molecule has 2 rings (SSSR count). The van der Waals surface area contributed by atoms with Gasteiger partial charge in [0.15, 0.2) is 5.78 Å². The van der Waals surface area contributed by atoms with Crippen molar-refractivity contribution >= 4 is 17.5 Å². The summed E-state index contributed by atoms with van der Waals surface area (Å²) < 4.78 is 12.8. The number of thioether (sulfide) groups is 1. The fourth-order valence-electron chi connectivity index (χ4n) is 1.91. The van der Waals surface area contributed by atoms with E-state index >= 15 is 0 Å². The second-order valence-electron chi connectivity index (χ2n) is 4.65. The first-order chi connectivity index (χ1) is 9.54. The summed E-state index contributed by atoms with van der Waals surface area (Å²) in [6, 6.07) is 9.71. The number of rotatable bonds is 5. The first-order valence-corrected chi connectivity index (χ1v) is 7.40. The third kappa shape index (κ3) is 4.17. The number of aromatic nitrogens is 1. The summed E-state index contributed by atoms with van der Waals surface area (Å²) in [5.41, 5.74) is 2.71. The van der Waals surface area contributed by atoms with Crippen molar-refractivity contribution < 1.29 is 9.18 Å². The van der Waals surface area contributed by atoms with E-state index in [0.717, 1.165) is 10.7 Å². The van der Waals surface area contributed by atoms with Gasteiger partial charge in [-0.3, -0.25) is 4.79 Å². The van der Waals surface area contributed by atoms with Crippen molar-refractivity contribution in [2.24, 2.45) is 0 Å². The Labute approximate surface area is 122 Å². The quantitative estimate of drug-likeness (QED) is 0.610. The molecule has 0 aliphatic carbocycles. The van der Waals surface area contributed by atoms with Gasteiger partial charge in [0.2, 0.25) is 0 Å². The largest absolute Gasteiger partial charge is 0.294 e. The van der Waals surface area contributed by atoms with E-state index in [4.69, 9.17) is 0 Å². The number of carbonyl (C=O) groups excluding carboxylic acids is 1. The van der Waals surface area contributed by atoms with E-state index in [1.165, 1.54) is 29.8 Å². The van der Waals surface area contributed by atoms with Crippen LogP contribution in [0.2, 0.25) is 0 Å². The average molecular weight is 289 g/mol. The van der Waals surface area contributed by atoms with Crippen LogP contribution in [-0.4, -0.2) is 16.5 Å². The van der Waals surface area contributed by atoms with E-state index in [9.17, 15) is 9.18 Å². The molecule has 4 heteroatoms. The van der Waals surface area contributed by atoms with Crippen LogP contribution in [0, 0.1) is 19.7 Å². The minimum atomic E-state index is -0.324. The lowest BCUT2D eigenvalue weighted by Gasteiger charge is -2.04. The lowest BCUT2D eigenvalue weighted by molar-refractivity contribution is 0.0989. The van der Waals surface area contributed by atoms with Crippen LogP contribution >= 0.6 is 11.8 Å². The molecule has 0 spiro atoms. The van der Waals surface area contributed by atoms with Crippen LogP contribution in [0.4, 0.5) is 4.39 Å². The number of pyridine rings is 1. The van der Waals surface area contributed by atoms with Crippen LogP contribution in [0.15, 0.2) is 41.4 Å². The zero-order valence-corrected chi connectivity index (χ0v) is 12.3. The molecule has 0 aliphatic rings. The van der Waals surface area contributed by atoms with Gasteiger partial charge in [0, 0.05) is 23.4 Å². The summed E-state index contributed by atoms with van der Waals surface area (Å²) in [4.78, 5) is 16.3. The maximum atomic E-state index is 12.8. The van der Waals surface area contributed by atoms with E-state index in [0.29, 0.717) is 17.7 Å². The van der Waals surface area contributed by atoms with E-state index in [-0.39, 0.29) is 11.6 Å². The summed E-state index contributed by atoms with van der Waals surface area (Å²) in [6.45, 7) is 3.99. The highest BCUT2D eigenvalue weighted by Crippen LogP contribution is 2.19. The number of carbonyl (C=O) groups is 1. The normalized spacial score (nSPS) is 10.6. The van der Waals surface area contributed by atoms with Crippen molar-refractivity contribution in [2.75, 3.05) is 5.75 Å². The first kappa shape index (κ1) is 14.7. The number of aryl methyl sites for hydroxylation is 2. The minimum absolute atomic E-state index is 0.0295. The van der Waals surface area contributed by atoms with Gasteiger partial charge in [0.05, 0.1) is 5.03 Å². The average Bonchev–Trinajstić information content (AvgIpc) is 2.38. The SMILES string of the molecule is Cc1cc(C)nc(SCCC(=O)c2ccc(F)cc2)c1. The number of benzene rings is 1. The molecule has 0 atom stereocenters. The minimum Gasteiger partial charge on any atom is -0.294 e. The number of Topliss-reactive ketones (excluding diaryl/α,β-unsaturated/α-hetero) is 1. The Morgan fingerprint density at radius 1 is 1.20 bits per heavy atom. The Morgan fingerprint density at radius 2 is 1.90 bits per heavy atom. The second kappa shape index (κ2) is 6.66. The van der Waals surface area contributed by atoms with Gasteiger partial charge in [-0.2, -0.15) is 0 Å². The number of halogens is 1. The van der Waals surface area contributed by atoms with Gasteiger partial charge in [-0.25, -0.2) is 9.37 Å². The monoisotopic (exact) mass is 289 g/mol. The number of ketones is 1. The van der Waals surface area contributed by atoms with Crippen molar-refractivity contribution in [1.29, 1.82) is 0 Å². The molecular formula is C16H16FNOS. The molecule has 0 saturated carbocycles. The van der Waals surface area contributed by atoms with Crippen LogP contribution in [0.3, 0.4) is 0 Å². The van der Waals surface area contributed by atoms with Crippen LogP contribution in [0.5, 0.6) is 0 Å². The van der Waals surface area contributed by atoms with Gasteiger partial charge >= 0.3 is 0 Å². The summed E-state index contributed by atoms with van der Waals surface area (Å²) in [5, 5.41) is 0.939. The van der Waals surface area contributed by atoms with E-state index < -0.39 is 0 Å². The van der Waals surface area contributed by atoms with Gasteiger partial charge in [0.25, 0.3) is 0 Å². The highest BCUT2D eigenvalue weighted by atomic mass is 32.2. The first-order valence-electron chi connectivity index (χ1n) is 6.41. The van der Waals surface area contributed by atoms with Gasteiger partial charge in [-0.1, -0.05) is 0 Å². The van der Waals surface area contributed by atoms with E-state index in [1.807, 2.05) is 26.0 Å². The molecule has 2 nitrogen and oxygen atoms in total. The molecule has 104 valence electrons. The molecule has 20 heavy (non-hydrogen) atoms. The van der Waals surface area contributed by atoms with Crippen molar-refractivity contribution in [3.05, 3.63) is 59.0 Å². The molecule has 0 fully saturated rings. The maximum absolute atomic E-state index is 12.8. The van der Waals surface area contributed by atoms with E-state index in [2.05, 4.69) is 4.98 Å². The number of nitrogens with zero attached hydrogens (tertiary/aromatic N) is 1. The molecule has 2 aromatic rings. The Bertz CT molecular complexity index is 590. The second-order valence-corrected chi connectivity index (χ2v) is 5.77. The van der Waals surface area contributed by atoms with Crippen molar-refractivity contribution in [1.82, 2.24) is 4.98 Å². The van der Waals surface area contributed by atoms with Gasteiger partial charge < -0.3 is 0 Å². The molecule has 1 heterocycles. The van der Waals surface area contributed by atoms with E-state index in [1.54, 1.807) is 11.8 Å². The summed E-state index contributed by atoms with van der Waals surface area (Å²) in [5.74, 6) is 0.378. The Morgan fingerprint density at radius 3 is 2.55 bits per heavy atom. The van der Waals surface area contributed by atoms with Crippen LogP contribution in [0.1, 0.15) is 28.0 Å². The number of hydrogen-bond acceptors (Lipinski definition) is 3. The predicted molar refractivity (Wildman–Crippen MR) is 79.8 cm³/mol. The molecule has 0 bridgehead atoms. The third-order valence-corrected chi connectivity index (χ3v) is 3.73. The lowest BCUT2D eigenvalue weighted by atomic mass is 10.1. The highest BCUT2D eigenvalue weighted by molar-refractivity contribution is 7.99. The van der Waals surface area contributed by atoms with Crippen molar-refractivity contribution in [3.63, 3.8) is 0 Å². The topological polar surface area (TPSA) is 30.0 Å². The Kier molecular flexibility index (Phi) is 4.90.